The molecule has 0 radical (unpaired) electrons. The van der Waals surface area contributed by atoms with Gasteiger partial charge >= 0.3 is 0 Å². The first-order valence-electron chi connectivity index (χ1n) is 41.4. The monoisotopic (exact) mass is 1200 g/mol. The second kappa shape index (κ2) is 24.3. The molecule has 0 N–H and O–H groups in total. The summed E-state index contributed by atoms with van der Waals surface area (Å²) in [4.78, 5) is 28.6. The zero-order valence-electron chi connectivity index (χ0n) is 73.1. The summed E-state index contributed by atoms with van der Waals surface area (Å²) >= 11 is 0. The highest BCUT2D eigenvalue weighted by Crippen LogP contribution is 2.36. The van der Waals surface area contributed by atoms with E-state index in [2.05, 4.69) is 9.97 Å². The van der Waals surface area contributed by atoms with Crippen molar-refractivity contribution in [3.8, 4) is 113 Å². The van der Waals surface area contributed by atoms with Crippen molar-refractivity contribution < 1.29 is 34.3 Å². The Hall–Kier alpha value is -12.4. The molecule has 17 aromatic rings. The molecule has 17 rings (SSSR count). The van der Waals surface area contributed by atoms with E-state index in [0.717, 1.165) is 43.8 Å². The first-order chi connectivity index (χ1) is 56.0. The Morgan fingerprint density at radius 1 is 0.185 bits per heavy atom. The van der Waals surface area contributed by atoms with Gasteiger partial charge in [0.15, 0.2) is 34.9 Å². The van der Waals surface area contributed by atoms with Crippen LogP contribution in [0.4, 0.5) is 0 Å². The highest BCUT2D eigenvalue weighted by atomic mass is 15.0. The molecule has 430 valence electrons. The van der Waals surface area contributed by atoms with E-state index in [1.165, 1.54) is 0 Å². The second-order valence-electron chi connectivity index (χ2n) is 21.1. The summed E-state index contributed by atoms with van der Waals surface area (Å²) in [5, 5.41) is 1.90. The molecule has 0 spiro atoms. The van der Waals surface area contributed by atoms with Gasteiger partial charge in [-0.1, -0.05) is 291 Å². The number of aromatic nitrogens is 6. The molecule has 2 heterocycles. The zero-order valence-corrected chi connectivity index (χ0v) is 48.1. The van der Waals surface area contributed by atoms with E-state index in [1.807, 2.05) is 152 Å². The Kier molecular flexibility index (Phi) is 9.08. The van der Waals surface area contributed by atoms with Crippen molar-refractivity contribution in [1.82, 2.24) is 29.9 Å². The van der Waals surface area contributed by atoms with Crippen molar-refractivity contribution in [2.45, 2.75) is 0 Å². The third-order valence-corrected chi connectivity index (χ3v) is 15.2. The molecular formula is C86H56N6. The van der Waals surface area contributed by atoms with Gasteiger partial charge in [0.05, 0.1) is 34.3 Å². The van der Waals surface area contributed by atoms with Gasteiger partial charge < -0.3 is 0 Å². The SMILES string of the molecule is [2H]c1c([2H])c([2H])c(-c2nc(-c3ccccc3)nc(-c3cccc(-c4ccc5cc(-c6c([2H])c([2H])c7c([2H])c([2H])c([2H])c([2H])c7c6[2H])ccc5c4)c3)n2)c([2H])c1[2H].[2H]c1c([2H])c([2H])c2c([2H])c(-c3c([2H])c([2H])c4c([2H])c(-c5cccc(-c6nc(-c7ccccc7)nc(-c7cccc8ccccc78)n6)c5)c([2H])c([2H])c4c3[2H])c([2H])c([2H])c2c1[2H]. The van der Waals surface area contributed by atoms with Crippen LogP contribution in [0.5, 0.6) is 0 Å². The lowest BCUT2D eigenvalue weighted by Crippen LogP contribution is -2.00. The highest BCUT2D eigenvalue weighted by Gasteiger charge is 2.17. The van der Waals surface area contributed by atoms with Crippen LogP contribution in [0.3, 0.4) is 0 Å². The van der Waals surface area contributed by atoms with Crippen LogP contribution in [0.2, 0.25) is 0 Å². The Morgan fingerprint density at radius 2 is 0.533 bits per heavy atom. The molecular weight excluding hydrogens is 1120 g/mol. The molecule has 0 amide bonds. The molecule has 0 unspecified atom stereocenters. The fourth-order valence-electron chi connectivity index (χ4n) is 10.7. The number of hydrogen-bond acceptors (Lipinski definition) is 6. The van der Waals surface area contributed by atoms with Crippen molar-refractivity contribution in [2.24, 2.45) is 0 Å². The molecule has 0 saturated carbocycles. The predicted octanol–water partition coefficient (Wildman–Crippen LogP) is 22.2. The number of rotatable bonds is 10. The predicted molar refractivity (Wildman–Crippen MR) is 382 cm³/mol. The lowest BCUT2D eigenvalue weighted by molar-refractivity contribution is 1.07. The molecule has 0 aliphatic heterocycles. The molecule has 0 fully saturated rings. The maximum absolute atomic E-state index is 9.37. The van der Waals surface area contributed by atoms with Gasteiger partial charge in [-0.05, 0) is 147 Å². The largest absolute Gasteiger partial charge is 0.208 e. The summed E-state index contributed by atoms with van der Waals surface area (Å²) in [6.45, 7) is 0. The number of nitrogens with zero attached hydrogens (tertiary/aromatic N) is 6. The van der Waals surface area contributed by atoms with Gasteiger partial charge in [-0.15, -0.1) is 0 Å². The number of benzene rings is 15. The average molecular weight is 1200 g/mol. The van der Waals surface area contributed by atoms with Crippen LogP contribution in [0.25, 0.3) is 167 Å². The molecule has 0 bridgehead atoms. The zero-order chi connectivity index (χ0) is 82.9. The quantitative estimate of drug-likeness (QED) is 0.136. The Balaban J connectivity index is 0.000000176. The van der Waals surface area contributed by atoms with E-state index in [-0.39, 0.29) is 79.2 Å². The summed E-state index contributed by atoms with van der Waals surface area (Å²) in [5.41, 5.74) is 4.61. The fourth-order valence-corrected chi connectivity index (χ4v) is 10.7. The van der Waals surface area contributed by atoms with Crippen LogP contribution in [-0.2, 0) is 0 Å². The molecule has 6 heteroatoms. The average Bonchev–Trinajstić information content (AvgIpc) is 0.707. The number of fused-ring (bicyclic) bond motifs is 5. The molecule has 92 heavy (non-hydrogen) atoms. The molecule has 0 aliphatic carbocycles. The Labute approximate surface area is 568 Å². The van der Waals surface area contributed by atoms with Gasteiger partial charge in [0.25, 0.3) is 0 Å². The van der Waals surface area contributed by atoms with Crippen molar-refractivity contribution in [3.63, 3.8) is 0 Å². The maximum atomic E-state index is 9.37. The summed E-state index contributed by atoms with van der Waals surface area (Å²) in [7, 11) is 0. The minimum atomic E-state index is -0.710. The van der Waals surface area contributed by atoms with Crippen LogP contribution >= 0.6 is 0 Å². The lowest BCUT2D eigenvalue weighted by Gasteiger charge is -2.11. The third kappa shape index (κ3) is 11.3. The van der Waals surface area contributed by atoms with Crippen LogP contribution in [0, 0.1) is 0 Å². The smallest absolute Gasteiger partial charge is 0.164 e. The van der Waals surface area contributed by atoms with E-state index in [1.54, 1.807) is 36.4 Å². The van der Waals surface area contributed by atoms with E-state index in [4.69, 9.17) is 50.1 Å². The minimum Gasteiger partial charge on any atom is -0.208 e. The van der Waals surface area contributed by atoms with Crippen molar-refractivity contribution in [1.29, 1.82) is 0 Å². The van der Waals surface area contributed by atoms with Crippen LogP contribution in [0.1, 0.15) is 34.3 Å². The standard InChI is InChI=1S/C45H29N3.C41H27N3/c1-2-12-32(13-3-1)43-46-44(48-45(47-43)42-19-9-15-31-11-6-7-18-41(31)42)40-17-8-16-34(29-40)35-22-23-39-28-38(25-24-37(39)27-35)36-21-20-30-10-4-5-14-33(30)26-36;1-3-11-29(12-4-1)39-42-40(30-13-5-2-6-14-30)44-41(43-39)38-17-9-16-32(27-38)33-20-21-37-26-36(23-22-35(37)25-33)34-19-18-28-10-7-8-15-31(28)24-34/h1-29H;1-27H/i4D,5D,10D,14D,20D,21D,22D,23D,24D,25D,26D,27D,28D;1D,3D,4D,7D,8D,10D,11D,12D,15D,18D,19D,24D. The van der Waals surface area contributed by atoms with Gasteiger partial charge in [-0.2, -0.15) is 0 Å². The first kappa shape index (κ1) is 34.4. The fraction of sp³-hybridized carbons (Fsp3) is 0. The molecule has 2 aromatic heterocycles. The summed E-state index contributed by atoms with van der Waals surface area (Å²) in [6, 6.07) is 44.4. The normalized spacial score (nSPS) is 15.1. The van der Waals surface area contributed by atoms with Gasteiger partial charge in [-0.3, -0.25) is 0 Å². The van der Waals surface area contributed by atoms with E-state index < -0.39 is 149 Å². The van der Waals surface area contributed by atoms with Gasteiger partial charge in [0.2, 0.25) is 0 Å². The Morgan fingerprint density at radius 3 is 1.07 bits per heavy atom. The third-order valence-electron chi connectivity index (χ3n) is 15.2. The first-order valence-corrected chi connectivity index (χ1v) is 28.9. The molecule has 0 aliphatic rings. The van der Waals surface area contributed by atoms with Crippen molar-refractivity contribution in [3.05, 3.63) is 339 Å². The van der Waals surface area contributed by atoms with E-state index >= 15 is 0 Å². The molecule has 0 atom stereocenters. The second-order valence-corrected chi connectivity index (χ2v) is 21.1. The van der Waals surface area contributed by atoms with Crippen LogP contribution in [-0.4, -0.2) is 29.9 Å². The highest BCUT2D eigenvalue weighted by molar-refractivity contribution is 5.97. The lowest BCUT2D eigenvalue weighted by atomic mass is 9.96. The van der Waals surface area contributed by atoms with E-state index in [9.17, 15) is 4.11 Å². The summed E-state index contributed by atoms with van der Waals surface area (Å²) in [5.74, 6) is 1.57. The van der Waals surface area contributed by atoms with Gasteiger partial charge in [0, 0.05) is 33.4 Å². The molecule has 15 aromatic carbocycles. The minimum absolute atomic E-state index is 0.0523. The maximum Gasteiger partial charge on any atom is 0.164 e. The summed E-state index contributed by atoms with van der Waals surface area (Å²) in [6.07, 6.45) is 0. The molecule has 6 nitrogen and oxygen atoms in total. The van der Waals surface area contributed by atoms with Crippen molar-refractivity contribution in [2.75, 3.05) is 0 Å². The van der Waals surface area contributed by atoms with Gasteiger partial charge in [-0.25, -0.2) is 29.9 Å². The van der Waals surface area contributed by atoms with Crippen molar-refractivity contribution >= 4 is 53.9 Å². The summed E-state index contributed by atoms with van der Waals surface area (Å²) < 4.78 is 216. The van der Waals surface area contributed by atoms with E-state index in [0.29, 0.717) is 45.3 Å². The topological polar surface area (TPSA) is 77.3 Å². The van der Waals surface area contributed by atoms with Crippen LogP contribution in [0.15, 0.2) is 339 Å². The number of hydrogen-bond donors (Lipinski definition) is 0. The van der Waals surface area contributed by atoms with Gasteiger partial charge in [0.1, 0.15) is 0 Å². The van der Waals surface area contributed by atoms with Crippen LogP contribution < -0.4 is 0 Å². The Bertz CT molecular complexity index is 7120. The molecule has 0 saturated heterocycles.